The van der Waals surface area contributed by atoms with E-state index in [2.05, 4.69) is 5.32 Å². The molecule has 1 atom stereocenters. The van der Waals surface area contributed by atoms with Gasteiger partial charge in [0.15, 0.2) is 0 Å². The van der Waals surface area contributed by atoms with Crippen molar-refractivity contribution in [2.24, 2.45) is 0 Å². The molecule has 0 radical (unpaired) electrons. The van der Waals surface area contributed by atoms with Crippen molar-refractivity contribution in [1.82, 2.24) is 10.2 Å². The summed E-state index contributed by atoms with van der Waals surface area (Å²) >= 11 is 13.7. The monoisotopic (exact) mass is 492 g/mol. The molecule has 172 valence electrons. The molecule has 32 heavy (non-hydrogen) atoms. The van der Waals surface area contributed by atoms with Gasteiger partial charge in [-0.15, -0.1) is 11.8 Å². The Morgan fingerprint density at radius 2 is 1.84 bits per heavy atom. The lowest BCUT2D eigenvalue weighted by molar-refractivity contribution is -0.138. The summed E-state index contributed by atoms with van der Waals surface area (Å²) in [6.07, 6.45) is 5.06. The highest BCUT2D eigenvalue weighted by molar-refractivity contribution is 7.99. The largest absolute Gasteiger partial charge is 0.352 e. The summed E-state index contributed by atoms with van der Waals surface area (Å²) in [4.78, 5) is 27.8. The third kappa shape index (κ3) is 7.43. The molecule has 2 amide bonds. The van der Waals surface area contributed by atoms with Gasteiger partial charge < -0.3 is 10.2 Å². The Hall–Kier alpha value is -1.69. The van der Waals surface area contributed by atoms with Crippen molar-refractivity contribution in [3.05, 3.63) is 69.7 Å². The van der Waals surface area contributed by atoms with Crippen molar-refractivity contribution in [2.45, 2.75) is 56.9 Å². The average Bonchev–Trinajstić information content (AvgIpc) is 3.29. The summed E-state index contributed by atoms with van der Waals surface area (Å²) < 4.78 is 0. The van der Waals surface area contributed by atoms with E-state index in [9.17, 15) is 9.59 Å². The van der Waals surface area contributed by atoms with Crippen LogP contribution in [0, 0.1) is 0 Å². The molecule has 4 nitrogen and oxygen atoms in total. The lowest BCUT2D eigenvalue weighted by atomic mass is 10.1. The van der Waals surface area contributed by atoms with Gasteiger partial charge in [-0.05, 0) is 49.4 Å². The second-order valence-corrected chi connectivity index (χ2v) is 10.0. The first-order chi connectivity index (χ1) is 15.4. The summed E-state index contributed by atoms with van der Waals surface area (Å²) in [7, 11) is 0. The smallest absolute Gasteiger partial charge is 0.242 e. The number of thioether (sulfide) groups is 1. The zero-order valence-electron chi connectivity index (χ0n) is 18.4. The number of halogens is 2. The van der Waals surface area contributed by atoms with Crippen molar-refractivity contribution in [1.29, 1.82) is 0 Å². The Morgan fingerprint density at radius 3 is 2.53 bits per heavy atom. The second kappa shape index (κ2) is 12.5. The fraction of sp³-hybridized carbons (Fsp3) is 0.440. The number of hydrogen-bond donors (Lipinski definition) is 1. The van der Waals surface area contributed by atoms with E-state index in [-0.39, 0.29) is 23.6 Å². The van der Waals surface area contributed by atoms with Gasteiger partial charge in [-0.1, -0.05) is 72.4 Å². The highest BCUT2D eigenvalue weighted by atomic mass is 35.5. The van der Waals surface area contributed by atoms with Gasteiger partial charge in [0.25, 0.3) is 0 Å². The summed E-state index contributed by atoms with van der Waals surface area (Å²) in [5.74, 6) is 0.792. The van der Waals surface area contributed by atoms with Crippen molar-refractivity contribution in [2.75, 3.05) is 12.3 Å². The first kappa shape index (κ1) is 24.9. The van der Waals surface area contributed by atoms with Crippen LogP contribution in [-0.4, -0.2) is 41.1 Å². The molecule has 1 aliphatic carbocycles. The van der Waals surface area contributed by atoms with Gasteiger partial charge in [-0.2, -0.15) is 0 Å². The third-order valence-corrected chi connectivity index (χ3v) is 7.40. The number of carbonyl (C=O) groups is 2. The van der Waals surface area contributed by atoms with Crippen LogP contribution < -0.4 is 5.32 Å². The molecule has 0 spiro atoms. The minimum absolute atomic E-state index is 0.0370. The van der Waals surface area contributed by atoms with E-state index in [1.165, 1.54) is 11.8 Å². The summed E-state index contributed by atoms with van der Waals surface area (Å²) in [6.45, 7) is 2.33. The van der Waals surface area contributed by atoms with Crippen LogP contribution in [0.25, 0.3) is 0 Å². The number of nitrogens with one attached hydrogen (secondary N) is 1. The molecule has 0 saturated heterocycles. The molecule has 3 rings (SSSR count). The summed E-state index contributed by atoms with van der Waals surface area (Å²) in [5.41, 5.74) is 2.09. The van der Waals surface area contributed by atoms with Gasteiger partial charge >= 0.3 is 0 Å². The first-order valence-electron chi connectivity index (χ1n) is 11.1. The molecule has 0 heterocycles. The Balaban J connectivity index is 1.61. The highest BCUT2D eigenvalue weighted by Gasteiger charge is 2.28. The van der Waals surface area contributed by atoms with Crippen molar-refractivity contribution >= 4 is 46.8 Å². The van der Waals surface area contributed by atoms with Gasteiger partial charge in [-0.3, -0.25) is 9.59 Å². The van der Waals surface area contributed by atoms with E-state index in [4.69, 9.17) is 23.2 Å². The zero-order chi connectivity index (χ0) is 22.9. The van der Waals surface area contributed by atoms with E-state index >= 15 is 0 Å². The zero-order valence-corrected chi connectivity index (χ0v) is 20.7. The van der Waals surface area contributed by atoms with Crippen LogP contribution >= 0.6 is 35.0 Å². The van der Waals surface area contributed by atoms with Crippen LogP contribution in [0.3, 0.4) is 0 Å². The average molecular weight is 494 g/mol. The minimum Gasteiger partial charge on any atom is -0.352 e. The predicted molar refractivity (Wildman–Crippen MR) is 134 cm³/mol. The lowest BCUT2D eigenvalue weighted by Crippen LogP contribution is -2.51. The maximum atomic E-state index is 13.1. The number of nitrogens with zero attached hydrogens (tertiary/aromatic N) is 1. The third-order valence-electron chi connectivity index (χ3n) is 5.85. The van der Waals surface area contributed by atoms with Crippen LogP contribution in [0.4, 0.5) is 0 Å². The van der Waals surface area contributed by atoms with Gasteiger partial charge in [0.1, 0.15) is 6.04 Å². The number of amides is 2. The van der Waals surface area contributed by atoms with Crippen molar-refractivity contribution in [3.8, 4) is 0 Å². The Bertz CT molecular complexity index is 904. The molecule has 1 unspecified atom stereocenters. The molecule has 7 heteroatoms. The highest BCUT2D eigenvalue weighted by Crippen LogP contribution is 2.25. The number of hydrogen-bond acceptors (Lipinski definition) is 3. The van der Waals surface area contributed by atoms with Gasteiger partial charge in [0.05, 0.1) is 5.75 Å². The van der Waals surface area contributed by atoms with E-state index < -0.39 is 6.04 Å². The quantitative estimate of drug-likeness (QED) is 0.459. The molecule has 0 aromatic heterocycles. The van der Waals surface area contributed by atoms with Gasteiger partial charge in [0.2, 0.25) is 11.8 Å². The van der Waals surface area contributed by atoms with Crippen LogP contribution in [0.2, 0.25) is 10.0 Å². The molecule has 1 aliphatic rings. The number of carbonyl (C=O) groups excluding carboxylic acids is 2. The summed E-state index contributed by atoms with van der Waals surface area (Å²) in [5, 5.41) is 4.33. The van der Waals surface area contributed by atoms with Crippen LogP contribution in [-0.2, 0) is 21.8 Å². The van der Waals surface area contributed by atoms with Gasteiger partial charge in [-0.25, -0.2) is 0 Å². The number of rotatable bonds is 10. The maximum absolute atomic E-state index is 13.1. The SMILES string of the molecule is CC(C(=O)NC1CCCC1)N(CCc1ccccc1)C(=O)CSCc1ccc(Cl)cc1Cl. The van der Waals surface area contributed by atoms with E-state index in [1.54, 1.807) is 17.0 Å². The van der Waals surface area contributed by atoms with Crippen LogP contribution in [0.15, 0.2) is 48.5 Å². The number of benzene rings is 2. The Kier molecular flexibility index (Phi) is 9.76. The predicted octanol–water partition coefficient (Wildman–Crippen LogP) is 5.75. The molecule has 1 N–H and O–H groups in total. The second-order valence-electron chi connectivity index (χ2n) is 8.22. The fourth-order valence-corrected chi connectivity index (χ4v) is 5.40. The molecular formula is C25H30Cl2N2O2S. The first-order valence-corrected chi connectivity index (χ1v) is 13.0. The molecule has 0 bridgehead atoms. The van der Waals surface area contributed by atoms with Gasteiger partial charge in [0, 0.05) is 28.4 Å². The summed E-state index contributed by atoms with van der Waals surface area (Å²) in [6, 6.07) is 15.2. The molecule has 1 fully saturated rings. The fourth-order valence-electron chi connectivity index (χ4n) is 3.93. The maximum Gasteiger partial charge on any atom is 0.242 e. The normalized spacial score (nSPS) is 14.8. The van der Waals surface area contributed by atoms with Crippen LogP contribution in [0.1, 0.15) is 43.7 Å². The molecule has 1 saturated carbocycles. The Morgan fingerprint density at radius 1 is 1.12 bits per heavy atom. The van der Waals surface area contributed by atoms with E-state index in [0.717, 1.165) is 36.8 Å². The molecular weight excluding hydrogens is 463 g/mol. The molecule has 2 aromatic carbocycles. The van der Waals surface area contributed by atoms with E-state index in [1.807, 2.05) is 43.3 Å². The van der Waals surface area contributed by atoms with Crippen LogP contribution in [0.5, 0.6) is 0 Å². The topological polar surface area (TPSA) is 49.4 Å². The molecule has 0 aliphatic heterocycles. The lowest BCUT2D eigenvalue weighted by Gasteiger charge is -2.29. The van der Waals surface area contributed by atoms with E-state index in [0.29, 0.717) is 28.8 Å². The minimum atomic E-state index is -0.508. The Labute approximate surface area is 205 Å². The standard InChI is InChI=1S/C25H30Cl2N2O2S/c1-18(25(31)28-22-9-5-6-10-22)29(14-13-19-7-3-2-4-8-19)24(30)17-32-16-20-11-12-21(26)15-23(20)27/h2-4,7-8,11-12,15,18,22H,5-6,9-10,13-14,16-17H2,1H3,(H,28,31). The molecule has 2 aromatic rings. The van der Waals surface area contributed by atoms with Crippen molar-refractivity contribution in [3.63, 3.8) is 0 Å². The van der Waals surface area contributed by atoms with Crippen molar-refractivity contribution < 1.29 is 9.59 Å².